The summed E-state index contributed by atoms with van der Waals surface area (Å²) in [6.45, 7) is 7.81. The molecule has 1 aliphatic heterocycles. The first-order chi connectivity index (χ1) is 32.6. The van der Waals surface area contributed by atoms with E-state index in [-0.39, 0.29) is 25.3 Å². The number of nitrogens with zero attached hydrogens (tertiary/aromatic N) is 4. The van der Waals surface area contributed by atoms with Gasteiger partial charge in [-0.3, -0.25) is 19.2 Å². The molecular weight excluding hydrogens is 934 g/mol. The van der Waals surface area contributed by atoms with E-state index in [0.717, 1.165) is 48.6 Å². The predicted molar refractivity (Wildman–Crippen MR) is 264 cm³/mol. The number of rotatable bonds is 21. The molecule has 7 rings (SSSR count). The Hall–Kier alpha value is -5.11. The summed E-state index contributed by atoms with van der Waals surface area (Å²) in [5.74, 6) is 0.591. The van der Waals surface area contributed by atoms with Crippen molar-refractivity contribution in [3.05, 3.63) is 75.8 Å². The highest BCUT2D eigenvalue weighted by atomic mass is 35.5. The Kier molecular flexibility index (Phi) is 16.8. The normalized spacial score (nSPS) is 19.2. The van der Waals surface area contributed by atoms with E-state index in [0.29, 0.717) is 89.2 Å². The van der Waals surface area contributed by atoms with Gasteiger partial charge in [-0.1, -0.05) is 23.7 Å². The average Bonchev–Trinajstić information content (AvgIpc) is 3.66. The van der Waals surface area contributed by atoms with Crippen LogP contribution in [0.4, 0.5) is 26.2 Å². The predicted octanol–water partition coefficient (Wildman–Crippen LogP) is 7.43. The highest BCUT2D eigenvalue weighted by molar-refractivity contribution is 8.00. The monoisotopic (exact) mass is 994 g/mol. The van der Waals surface area contributed by atoms with Gasteiger partial charge >= 0.3 is 0 Å². The molecule has 6 N–H and O–H groups in total. The standard InChI is InChI=1S/C48H61ClF2N10O5S2/c1-28-39(67-27-57-28)31-12-13-33(35(50)21-31)24-55-43(63)37-7-6-20-61(37)44(64)40(59-45(65)48(51)16-17-48)47(2,3)68-26-30-10-8-29(9-11-30)23-53-18-19-54-42(62)32-14-15-36(38(22-32)66-5)58-46-56-25-34(49)41(52-4)60-46/h12-15,21-22,25,27,29-30,37,40,53H,6-11,16-20,23-24,26H2,1-5H3,(H,54,62)(H,55,63)(H,59,65)(H2,52,56,58,60)/t29?,30?,37?,40-/m1/s1. The molecule has 4 aromatic rings. The minimum Gasteiger partial charge on any atom is -0.495 e. The van der Waals surface area contributed by atoms with Crippen LogP contribution in [0.15, 0.2) is 48.1 Å². The first-order valence-corrected chi connectivity index (χ1v) is 25.4. The van der Waals surface area contributed by atoms with Crippen molar-refractivity contribution in [2.45, 2.75) is 101 Å². The molecule has 2 saturated carbocycles. The summed E-state index contributed by atoms with van der Waals surface area (Å²) in [6, 6.07) is 8.10. The Bertz CT molecular complexity index is 2450. The van der Waals surface area contributed by atoms with Crippen molar-refractivity contribution in [3.63, 3.8) is 0 Å². The molecule has 3 fully saturated rings. The second kappa shape index (κ2) is 22.5. The van der Waals surface area contributed by atoms with Crippen LogP contribution in [0.2, 0.25) is 5.02 Å². The largest absolute Gasteiger partial charge is 0.495 e. The zero-order chi connectivity index (χ0) is 48.6. The molecule has 2 atom stereocenters. The molecule has 0 radical (unpaired) electrons. The quantitative estimate of drug-likeness (QED) is 0.0454. The Morgan fingerprint density at radius 3 is 2.49 bits per heavy atom. The lowest BCUT2D eigenvalue weighted by molar-refractivity contribution is -0.143. The average molecular weight is 996 g/mol. The molecule has 3 heterocycles. The minimum absolute atomic E-state index is 0.0541. The van der Waals surface area contributed by atoms with E-state index in [1.165, 1.54) is 35.6 Å². The fourth-order valence-corrected chi connectivity index (χ4v) is 11.0. The maximum absolute atomic E-state index is 15.2. The van der Waals surface area contributed by atoms with Gasteiger partial charge in [0.05, 0.1) is 35.1 Å². The first-order valence-electron chi connectivity index (χ1n) is 23.1. The topological polar surface area (TPSA) is 192 Å². The molecule has 1 unspecified atom stereocenters. The summed E-state index contributed by atoms with van der Waals surface area (Å²) >= 11 is 9.13. The van der Waals surface area contributed by atoms with Crippen molar-refractivity contribution >= 4 is 75.8 Å². The van der Waals surface area contributed by atoms with Crippen molar-refractivity contribution in [3.8, 4) is 16.2 Å². The van der Waals surface area contributed by atoms with Crippen molar-refractivity contribution in [1.82, 2.24) is 41.1 Å². The molecule has 366 valence electrons. The molecule has 68 heavy (non-hydrogen) atoms. The number of aromatic nitrogens is 3. The zero-order valence-corrected chi connectivity index (χ0v) is 41.5. The third-order valence-electron chi connectivity index (χ3n) is 13.0. The molecule has 3 aliphatic rings. The number of alkyl halides is 1. The smallest absolute Gasteiger partial charge is 0.258 e. The van der Waals surface area contributed by atoms with Gasteiger partial charge in [0, 0.05) is 49.1 Å². The molecular formula is C48H61ClF2N10O5S2. The van der Waals surface area contributed by atoms with Gasteiger partial charge in [-0.2, -0.15) is 16.7 Å². The number of ether oxygens (including phenoxy) is 1. The van der Waals surface area contributed by atoms with Crippen LogP contribution in [-0.4, -0.2) is 112 Å². The number of thiazole rings is 1. The molecule has 2 aromatic heterocycles. The number of aryl methyl sites for hydroxylation is 1. The van der Waals surface area contributed by atoms with E-state index < -0.39 is 46.0 Å². The van der Waals surface area contributed by atoms with Crippen LogP contribution in [0, 0.1) is 24.6 Å². The number of anilines is 3. The molecule has 20 heteroatoms. The van der Waals surface area contributed by atoms with Crippen molar-refractivity contribution in [2.75, 3.05) is 56.7 Å². The molecule has 0 bridgehead atoms. The number of carbonyl (C=O) groups is 4. The van der Waals surface area contributed by atoms with Crippen LogP contribution in [0.3, 0.4) is 0 Å². The zero-order valence-electron chi connectivity index (χ0n) is 39.1. The number of hydrogen-bond acceptors (Lipinski definition) is 13. The second-order valence-electron chi connectivity index (χ2n) is 18.3. The first kappa shape index (κ1) is 50.8. The van der Waals surface area contributed by atoms with E-state index in [4.69, 9.17) is 16.3 Å². The lowest BCUT2D eigenvalue weighted by atomic mass is 9.83. The SMILES string of the molecule is CNc1nc(Nc2ccc(C(=O)NCCNCC3CCC(CSC(C)(C)[C@H](NC(=O)C4(F)CC4)C(=O)N4CCCC4C(=O)NCc4ccc(-c5scnc5C)cc4F)CC3)cc2OC)ncc1Cl. The number of methoxy groups -OCH3 is 1. The van der Waals surface area contributed by atoms with Gasteiger partial charge in [-0.25, -0.2) is 18.7 Å². The lowest BCUT2D eigenvalue weighted by Gasteiger charge is -2.38. The molecule has 0 spiro atoms. The summed E-state index contributed by atoms with van der Waals surface area (Å²) in [5, 5.41) is 18.5. The fraction of sp³-hybridized carbons (Fsp3) is 0.521. The number of nitrogens with one attached hydrogen (secondary N) is 6. The second-order valence-corrected chi connectivity index (χ2v) is 21.2. The Labute approximate surface area is 409 Å². The van der Waals surface area contributed by atoms with Crippen LogP contribution in [-0.2, 0) is 20.9 Å². The molecule has 4 amide bonds. The van der Waals surface area contributed by atoms with Gasteiger partial charge in [-0.05, 0) is 126 Å². The summed E-state index contributed by atoms with van der Waals surface area (Å²) in [6.07, 6.45) is 6.76. The van der Waals surface area contributed by atoms with E-state index >= 15 is 8.78 Å². The van der Waals surface area contributed by atoms with Crippen LogP contribution in [0.25, 0.3) is 10.4 Å². The van der Waals surface area contributed by atoms with Crippen LogP contribution < -0.4 is 36.6 Å². The Morgan fingerprint density at radius 1 is 1.03 bits per heavy atom. The molecule has 1 saturated heterocycles. The van der Waals surface area contributed by atoms with Gasteiger partial charge in [0.2, 0.25) is 17.8 Å². The van der Waals surface area contributed by atoms with Crippen molar-refractivity contribution in [2.24, 2.45) is 11.8 Å². The fourth-order valence-electron chi connectivity index (χ4n) is 8.66. The van der Waals surface area contributed by atoms with Crippen LogP contribution >= 0.6 is 34.7 Å². The van der Waals surface area contributed by atoms with Gasteiger partial charge in [0.25, 0.3) is 11.8 Å². The highest BCUT2D eigenvalue weighted by Gasteiger charge is 2.54. The van der Waals surface area contributed by atoms with Crippen LogP contribution in [0.5, 0.6) is 5.75 Å². The summed E-state index contributed by atoms with van der Waals surface area (Å²) in [4.78, 5) is 69.4. The van der Waals surface area contributed by atoms with E-state index in [1.54, 1.807) is 54.7 Å². The third kappa shape index (κ3) is 12.6. The molecule has 2 aliphatic carbocycles. The Balaban J connectivity index is 0.853. The number of thioether (sulfide) groups is 1. The van der Waals surface area contributed by atoms with Crippen LogP contribution in [0.1, 0.15) is 86.8 Å². The lowest BCUT2D eigenvalue weighted by Crippen LogP contribution is -2.61. The number of likely N-dealkylation sites (tertiary alicyclic amines) is 1. The number of hydrogen-bond donors (Lipinski definition) is 6. The minimum atomic E-state index is -1.98. The number of amides is 4. The van der Waals surface area contributed by atoms with E-state index in [1.807, 2.05) is 20.8 Å². The molecule has 15 nitrogen and oxygen atoms in total. The number of benzene rings is 2. The van der Waals surface area contributed by atoms with Gasteiger partial charge in [0.15, 0.2) is 5.67 Å². The maximum Gasteiger partial charge on any atom is 0.258 e. The summed E-state index contributed by atoms with van der Waals surface area (Å²) < 4.78 is 35.0. The summed E-state index contributed by atoms with van der Waals surface area (Å²) in [5.41, 5.74) is 2.62. The number of halogens is 3. The summed E-state index contributed by atoms with van der Waals surface area (Å²) in [7, 11) is 3.23. The molecule has 2 aromatic carbocycles. The third-order valence-corrected chi connectivity index (χ3v) is 15.9. The van der Waals surface area contributed by atoms with Gasteiger partial charge in [-0.15, -0.1) is 11.3 Å². The van der Waals surface area contributed by atoms with E-state index in [9.17, 15) is 19.2 Å². The highest BCUT2D eigenvalue weighted by Crippen LogP contribution is 2.42. The van der Waals surface area contributed by atoms with Crippen molar-refractivity contribution < 1.29 is 32.7 Å². The van der Waals surface area contributed by atoms with E-state index in [2.05, 4.69) is 46.9 Å². The number of carbonyl (C=O) groups excluding carboxylic acids is 4. The van der Waals surface area contributed by atoms with Crippen molar-refractivity contribution in [1.29, 1.82) is 0 Å². The maximum atomic E-state index is 15.2. The van der Waals surface area contributed by atoms with Gasteiger partial charge in [0.1, 0.15) is 34.5 Å². The van der Waals surface area contributed by atoms with Gasteiger partial charge < -0.3 is 41.5 Å². The Morgan fingerprint density at radius 2 is 1.79 bits per heavy atom.